The van der Waals surface area contributed by atoms with Gasteiger partial charge >= 0.3 is 5.97 Å². The number of carboxylic acids is 1. The Morgan fingerprint density at radius 2 is 1.40 bits per heavy atom. The number of carbonyl (C=O) groups excluding carboxylic acids is 4. The van der Waals surface area contributed by atoms with Gasteiger partial charge in [0.2, 0.25) is 23.7 Å². The van der Waals surface area contributed by atoms with Crippen molar-refractivity contribution in [2.45, 2.75) is 86.0 Å². The van der Waals surface area contributed by atoms with E-state index in [0.717, 1.165) is 11.4 Å². The number of amides is 4. The molecule has 0 radical (unpaired) electrons. The van der Waals surface area contributed by atoms with Gasteiger partial charge in [-0.25, -0.2) is 15.0 Å². The molecule has 5 aromatic heterocycles. The quantitative estimate of drug-likeness (QED) is 0.0376. The fourth-order valence-electron chi connectivity index (χ4n) is 8.09. The highest BCUT2D eigenvalue weighted by atomic mass is 16.5. The number of rotatable bonds is 25. The Morgan fingerprint density at radius 1 is 0.743 bits per heavy atom. The largest absolute Gasteiger partial charge is 0.491 e. The lowest BCUT2D eigenvalue weighted by molar-refractivity contribution is -0.137. The molecule has 0 bridgehead atoms. The predicted molar refractivity (Wildman–Crippen MR) is 260 cm³/mol. The van der Waals surface area contributed by atoms with Crippen LogP contribution in [0.3, 0.4) is 0 Å². The number of benzene rings is 2. The SMILES string of the molecule is CCn1nc(C)cc1C(=O)Nc1nc2cc(C(N)=O)cc(OCCCNC(=O)CCCC(=O)O)c2n1CC=CCn1c2nc(-c3cc(C)nn3CC)ncc2c2cc(C(N)=O)cc(OCCCOC)c21. The van der Waals surface area contributed by atoms with Gasteiger partial charge in [-0.15, -0.1) is 0 Å². The number of aliphatic carboxylic acids is 1. The number of hydrogen-bond acceptors (Lipinski definition) is 13. The van der Waals surface area contributed by atoms with Gasteiger partial charge in [-0.3, -0.25) is 38.7 Å². The molecule has 0 saturated heterocycles. The van der Waals surface area contributed by atoms with Crippen LogP contribution >= 0.6 is 0 Å². The van der Waals surface area contributed by atoms with Crippen molar-refractivity contribution in [2.75, 3.05) is 38.8 Å². The van der Waals surface area contributed by atoms with Crippen molar-refractivity contribution in [3.8, 4) is 23.0 Å². The number of aryl methyl sites for hydroxylation is 4. The first kappa shape index (κ1) is 49.8. The minimum absolute atomic E-state index is 0.0744. The molecule has 5 heterocycles. The number of aromatic nitrogens is 9. The molecule has 22 nitrogen and oxygen atoms in total. The van der Waals surface area contributed by atoms with Crippen LogP contribution in [0.5, 0.6) is 11.5 Å². The minimum atomic E-state index is -0.972. The molecule has 0 unspecified atom stereocenters. The fraction of sp³-hybridized carbons (Fsp3) is 0.375. The minimum Gasteiger partial charge on any atom is -0.491 e. The van der Waals surface area contributed by atoms with Gasteiger partial charge < -0.3 is 45.2 Å². The molecule has 0 spiro atoms. The van der Waals surface area contributed by atoms with Gasteiger partial charge in [-0.1, -0.05) is 12.2 Å². The Bertz CT molecular complexity index is 3130. The summed E-state index contributed by atoms with van der Waals surface area (Å²) in [5, 5.41) is 25.0. The second-order valence-corrected chi connectivity index (χ2v) is 16.4. The number of imidazole rings is 1. The summed E-state index contributed by atoms with van der Waals surface area (Å²) in [5.41, 5.74) is 16.5. The van der Waals surface area contributed by atoms with Crippen molar-refractivity contribution < 1.29 is 43.3 Å². The van der Waals surface area contributed by atoms with Crippen LogP contribution in [0.15, 0.2) is 54.7 Å². The zero-order valence-corrected chi connectivity index (χ0v) is 39.8. The second-order valence-electron chi connectivity index (χ2n) is 16.4. The number of carbonyl (C=O) groups is 5. The summed E-state index contributed by atoms with van der Waals surface area (Å²) < 4.78 is 25.0. The average Bonchev–Trinajstić information content (AvgIpc) is 4.09. The van der Waals surface area contributed by atoms with E-state index in [4.69, 9.17) is 45.7 Å². The predicted octanol–water partition coefficient (Wildman–Crippen LogP) is 4.91. The molecule has 70 heavy (non-hydrogen) atoms. The number of nitrogens with one attached hydrogen (secondary N) is 2. The van der Waals surface area contributed by atoms with E-state index >= 15 is 0 Å². The van der Waals surface area contributed by atoms with Gasteiger partial charge in [-0.2, -0.15) is 10.2 Å². The summed E-state index contributed by atoms with van der Waals surface area (Å²) >= 11 is 0. The third kappa shape index (κ3) is 11.2. The second kappa shape index (κ2) is 22.3. The van der Waals surface area contributed by atoms with E-state index in [9.17, 15) is 24.0 Å². The van der Waals surface area contributed by atoms with Crippen molar-refractivity contribution in [3.05, 3.63) is 83.0 Å². The van der Waals surface area contributed by atoms with Crippen LogP contribution in [0.4, 0.5) is 5.95 Å². The number of ether oxygens (including phenoxy) is 3. The van der Waals surface area contributed by atoms with E-state index in [2.05, 4.69) is 20.8 Å². The average molecular weight is 960 g/mol. The molecule has 7 rings (SSSR count). The molecule has 0 fully saturated rings. The molecule has 0 atom stereocenters. The van der Waals surface area contributed by atoms with E-state index < -0.39 is 23.7 Å². The maximum Gasteiger partial charge on any atom is 0.303 e. The van der Waals surface area contributed by atoms with Crippen molar-refractivity contribution in [1.29, 1.82) is 0 Å². The standard InChI is InChI=1S/C48H57N13O9/c1-6-60-35(21-28(3)56-60)45-52-27-33-32-23-30(43(49)65)25-37(70-20-12-18-68-5)41(32)58(46(33)54-45)16-8-9-17-59-42-34(53-48(59)55-47(67)36-22-29(4)57-61(36)7-2)24-31(44(50)66)26-38(42)69-19-11-15-51-39(62)13-10-14-40(63)64/h8-9,21-27H,6-7,10-20H2,1-5H3,(H2,49,65)(H2,50,66)(H,51,62)(H,63,64)(H,53,55,67). The zero-order valence-electron chi connectivity index (χ0n) is 39.8. The van der Waals surface area contributed by atoms with E-state index in [0.29, 0.717) is 95.1 Å². The maximum absolute atomic E-state index is 13.9. The van der Waals surface area contributed by atoms with E-state index in [1.807, 2.05) is 48.2 Å². The highest BCUT2D eigenvalue weighted by Gasteiger charge is 2.24. The molecule has 7 aromatic rings. The monoisotopic (exact) mass is 959 g/mol. The van der Waals surface area contributed by atoms with Crippen molar-refractivity contribution in [2.24, 2.45) is 11.5 Å². The Kier molecular flexibility index (Phi) is 15.9. The number of methoxy groups -OCH3 is 1. The van der Waals surface area contributed by atoms with Crippen LogP contribution in [0.1, 0.15) is 88.5 Å². The number of hydrogen-bond donors (Lipinski definition) is 5. The Balaban J connectivity index is 1.28. The number of carboxylic acid groups (broad SMARTS) is 1. The van der Waals surface area contributed by atoms with Crippen LogP contribution in [-0.4, -0.2) is 112 Å². The lowest BCUT2D eigenvalue weighted by Crippen LogP contribution is -2.25. The molecule has 0 aliphatic rings. The molecule has 0 saturated carbocycles. The molecule has 22 heteroatoms. The Hall–Kier alpha value is -8.14. The number of primary amides is 2. The van der Waals surface area contributed by atoms with Gasteiger partial charge in [0.25, 0.3) is 5.91 Å². The zero-order chi connectivity index (χ0) is 50.1. The highest BCUT2D eigenvalue weighted by Crippen LogP contribution is 2.37. The van der Waals surface area contributed by atoms with E-state index in [-0.39, 0.29) is 74.2 Å². The van der Waals surface area contributed by atoms with Gasteiger partial charge in [0, 0.05) is 93.8 Å². The lowest BCUT2D eigenvalue weighted by Gasteiger charge is -2.13. The molecule has 0 aliphatic carbocycles. The number of nitrogens with zero attached hydrogens (tertiary/aromatic N) is 9. The Labute approximate surface area is 402 Å². The fourth-order valence-corrected chi connectivity index (χ4v) is 8.09. The summed E-state index contributed by atoms with van der Waals surface area (Å²) in [6, 6.07) is 9.96. The summed E-state index contributed by atoms with van der Waals surface area (Å²) in [4.78, 5) is 77.0. The topological polar surface area (TPSA) is 294 Å². The first-order valence-corrected chi connectivity index (χ1v) is 23.0. The molecular formula is C48H57N13O9. The van der Waals surface area contributed by atoms with Crippen molar-refractivity contribution in [3.63, 3.8) is 0 Å². The number of anilines is 1. The smallest absolute Gasteiger partial charge is 0.303 e. The molecule has 2 aromatic carbocycles. The summed E-state index contributed by atoms with van der Waals surface area (Å²) in [6.07, 6.45) is 6.66. The molecule has 4 amide bonds. The third-order valence-corrected chi connectivity index (χ3v) is 11.3. The van der Waals surface area contributed by atoms with Crippen LogP contribution < -0.4 is 31.6 Å². The normalized spacial score (nSPS) is 11.6. The molecular weight excluding hydrogens is 903 g/mol. The van der Waals surface area contributed by atoms with Crippen LogP contribution in [0.25, 0.3) is 44.5 Å². The molecule has 7 N–H and O–H groups in total. The lowest BCUT2D eigenvalue weighted by atomic mass is 10.1. The van der Waals surface area contributed by atoms with Crippen molar-refractivity contribution in [1.82, 2.24) is 49.0 Å². The third-order valence-electron chi connectivity index (χ3n) is 11.3. The maximum atomic E-state index is 13.9. The number of fused-ring (bicyclic) bond motifs is 4. The van der Waals surface area contributed by atoms with Crippen molar-refractivity contribution >= 4 is 68.5 Å². The van der Waals surface area contributed by atoms with Gasteiger partial charge in [0.05, 0.1) is 35.6 Å². The highest BCUT2D eigenvalue weighted by molar-refractivity contribution is 6.12. The van der Waals surface area contributed by atoms with Gasteiger partial charge in [-0.05, 0) is 76.9 Å². The Morgan fingerprint density at radius 3 is 2.09 bits per heavy atom. The first-order chi connectivity index (χ1) is 33.7. The number of nitrogens with two attached hydrogens (primary N) is 2. The first-order valence-electron chi connectivity index (χ1n) is 23.0. The van der Waals surface area contributed by atoms with E-state index in [1.54, 1.807) is 47.7 Å². The number of allylic oxidation sites excluding steroid dienone is 2. The molecule has 0 aliphatic heterocycles. The van der Waals surface area contributed by atoms with Crippen LogP contribution in [-0.2, 0) is 40.5 Å². The van der Waals surface area contributed by atoms with Crippen LogP contribution in [0, 0.1) is 13.8 Å². The summed E-state index contributed by atoms with van der Waals surface area (Å²) in [6.45, 7) is 10.1. The van der Waals surface area contributed by atoms with Gasteiger partial charge in [0.1, 0.15) is 34.1 Å². The van der Waals surface area contributed by atoms with Crippen LogP contribution in [0.2, 0.25) is 0 Å². The summed E-state index contributed by atoms with van der Waals surface area (Å²) in [5.74, 6) is -1.80. The van der Waals surface area contributed by atoms with Gasteiger partial charge in [0.15, 0.2) is 5.82 Å². The summed E-state index contributed by atoms with van der Waals surface area (Å²) in [7, 11) is 1.61. The molecule has 368 valence electrons. The van der Waals surface area contributed by atoms with E-state index in [1.165, 1.54) is 12.1 Å².